The number of amides is 1. The molecule has 0 aliphatic rings. The van der Waals surface area contributed by atoms with Gasteiger partial charge in [-0.2, -0.15) is 0 Å². The molecule has 0 unspecified atom stereocenters. The molecule has 0 aliphatic heterocycles. The summed E-state index contributed by atoms with van der Waals surface area (Å²) in [7, 11) is 0. The van der Waals surface area contributed by atoms with Crippen LogP contribution in [-0.2, 0) is 0 Å². The largest absolute Gasteiger partial charge is 0.492 e. The lowest BCUT2D eigenvalue weighted by atomic mass is 10.2. The van der Waals surface area contributed by atoms with Gasteiger partial charge in [0.1, 0.15) is 11.6 Å². The Balaban J connectivity index is 1.77. The number of pyridine rings is 1. The van der Waals surface area contributed by atoms with Crippen molar-refractivity contribution in [2.45, 2.75) is 6.92 Å². The van der Waals surface area contributed by atoms with Crippen molar-refractivity contribution in [2.75, 3.05) is 17.2 Å². The molecule has 5 nitrogen and oxygen atoms in total. The maximum atomic E-state index is 13.3. The van der Waals surface area contributed by atoms with Crippen LogP contribution in [0, 0.1) is 11.6 Å². The molecule has 0 radical (unpaired) electrons. The fourth-order valence-electron chi connectivity index (χ4n) is 2.41. The average Bonchev–Trinajstić information content (AvgIpc) is 2.67. The van der Waals surface area contributed by atoms with Crippen LogP contribution in [-0.4, -0.2) is 17.5 Å². The lowest BCUT2D eigenvalue weighted by molar-refractivity contribution is 0.102. The highest BCUT2D eigenvalue weighted by molar-refractivity contribution is 6.04. The van der Waals surface area contributed by atoms with Gasteiger partial charge in [-0.25, -0.2) is 13.8 Å². The number of rotatable bonds is 6. The number of nitrogens with one attached hydrogen (secondary N) is 2. The Kier molecular flexibility index (Phi) is 5.61. The molecule has 0 spiro atoms. The number of carbonyl (C=O) groups is 1. The summed E-state index contributed by atoms with van der Waals surface area (Å²) in [6, 6.07) is 13.6. The van der Waals surface area contributed by atoms with Crippen molar-refractivity contribution < 1.29 is 18.3 Å². The van der Waals surface area contributed by atoms with Crippen molar-refractivity contribution in [3.63, 3.8) is 0 Å². The SMILES string of the molecule is CCOc1ccccc1Nc1cc(C(=O)Nc2ccc(F)c(F)c2)ccn1. The first-order valence-corrected chi connectivity index (χ1v) is 8.28. The Morgan fingerprint density at radius 2 is 1.89 bits per heavy atom. The first-order chi connectivity index (χ1) is 13.1. The van der Waals surface area contributed by atoms with Crippen LogP contribution in [0.3, 0.4) is 0 Å². The molecule has 0 saturated carbocycles. The number of halogens is 2. The normalized spacial score (nSPS) is 10.3. The summed E-state index contributed by atoms with van der Waals surface area (Å²) in [6.45, 7) is 2.40. The van der Waals surface area contributed by atoms with E-state index in [4.69, 9.17) is 4.74 Å². The van der Waals surface area contributed by atoms with Gasteiger partial charge in [0, 0.05) is 23.5 Å². The predicted octanol–water partition coefficient (Wildman–Crippen LogP) is 4.75. The van der Waals surface area contributed by atoms with Gasteiger partial charge in [-0.15, -0.1) is 0 Å². The van der Waals surface area contributed by atoms with E-state index in [0.717, 1.165) is 12.1 Å². The molecule has 1 aromatic heterocycles. The van der Waals surface area contributed by atoms with Crippen molar-refractivity contribution >= 4 is 23.1 Å². The second-order valence-corrected chi connectivity index (χ2v) is 5.57. The Labute approximate surface area is 155 Å². The smallest absolute Gasteiger partial charge is 0.255 e. The van der Waals surface area contributed by atoms with Gasteiger partial charge >= 0.3 is 0 Å². The second kappa shape index (κ2) is 8.27. The maximum Gasteiger partial charge on any atom is 0.255 e. The van der Waals surface area contributed by atoms with Crippen LogP contribution in [0.25, 0.3) is 0 Å². The minimum absolute atomic E-state index is 0.159. The minimum Gasteiger partial charge on any atom is -0.492 e. The van der Waals surface area contributed by atoms with Crippen LogP contribution in [0.15, 0.2) is 60.8 Å². The van der Waals surface area contributed by atoms with E-state index in [1.54, 1.807) is 6.07 Å². The lowest BCUT2D eigenvalue weighted by Crippen LogP contribution is -2.12. The number of hydrogen-bond donors (Lipinski definition) is 2. The van der Waals surface area contributed by atoms with Crippen molar-refractivity contribution in [1.29, 1.82) is 0 Å². The van der Waals surface area contributed by atoms with E-state index < -0.39 is 17.5 Å². The molecule has 138 valence electrons. The fraction of sp³-hybridized carbons (Fsp3) is 0.100. The zero-order valence-electron chi connectivity index (χ0n) is 14.5. The van der Waals surface area contributed by atoms with Crippen LogP contribution in [0.2, 0.25) is 0 Å². The van der Waals surface area contributed by atoms with Gasteiger partial charge in [0.25, 0.3) is 5.91 Å². The van der Waals surface area contributed by atoms with Crippen LogP contribution < -0.4 is 15.4 Å². The molecule has 3 aromatic rings. The Morgan fingerprint density at radius 3 is 2.67 bits per heavy atom. The van der Waals surface area contributed by atoms with Gasteiger partial charge in [-0.3, -0.25) is 4.79 Å². The minimum atomic E-state index is -1.03. The molecule has 0 atom stereocenters. The maximum absolute atomic E-state index is 13.3. The second-order valence-electron chi connectivity index (χ2n) is 5.57. The highest BCUT2D eigenvalue weighted by Crippen LogP contribution is 2.27. The summed E-state index contributed by atoms with van der Waals surface area (Å²) in [5, 5.41) is 5.63. The number of ether oxygens (including phenoxy) is 1. The topological polar surface area (TPSA) is 63.2 Å². The van der Waals surface area contributed by atoms with Crippen LogP contribution >= 0.6 is 0 Å². The summed E-state index contributed by atoms with van der Waals surface area (Å²) in [5.41, 5.74) is 1.18. The van der Waals surface area contributed by atoms with E-state index in [-0.39, 0.29) is 5.69 Å². The zero-order chi connectivity index (χ0) is 19.2. The van der Waals surface area contributed by atoms with Gasteiger partial charge in [0.2, 0.25) is 0 Å². The number of para-hydroxylation sites is 2. The first-order valence-electron chi connectivity index (χ1n) is 8.28. The van der Waals surface area contributed by atoms with Crippen molar-refractivity contribution in [2.24, 2.45) is 0 Å². The van der Waals surface area contributed by atoms with Crippen molar-refractivity contribution in [3.05, 3.63) is 78.0 Å². The number of aromatic nitrogens is 1. The Bertz CT molecular complexity index is 963. The van der Waals surface area contributed by atoms with Gasteiger partial charge < -0.3 is 15.4 Å². The Morgan fingerprint density at radius 1 is 1.07 bits per heavy atom. The highest BCUT2D eigenvalue weighted by atomic mass is 19.2. The molecule has 7 heteroatoms. The van der Waals surface area contributed by atoms with E-state index in [9.17, 15) is 13.6 Å². The molecule has 27 heavy (non-hydrogen) atoms. The number of hydrogen-bond acceptors (Lipinski definition) is 4. The number of nitrogens with zero attached hydrogens (tertiary/aromatic N) is 1. The summed E-state index contributed by atoms with van der Waals surface area (Å²) < 4.78 is 31.8. The lowest BCUT2D eigenvalue weighted by Gasteiger charge is -2.12. The zero-order valence-corrected chi connectivity index (χ0v) is 14.5. The van der Waals surface area contributed by atoms with Crippen molar-refractivity contribution in [3.8, 4) is 5.75 Å². The Hall–Kier alpha value is -3.48. The molecular weight excluding hydrogens is 352 g/mol. The van der Waals surface area contributed by atoms with Crippen molar-refractivity contribution in [1.82, 2.24) is 4.98 Å². The summed E-state index contributed by atoms with van der Waals surface area (Å²) >= 11 is 0. The number of anilines is 3. The standard InChI is InChI=1S/C20H17F2N3O2/c1-2-27-18-6-4-3-5-17(18)25-19-11-13(9-10-23-19)20(26)24-14-7-8-15(21)16(22)12-14/h3-12H,2H2,1H3,(H,23,25)(H,24,26). The third-order valence-electron chi connectivity index (χ3n) is 3.65. The first kappa shape index (κ1) is 18.3. The predicted molar refractivity (Wildman–Crippen MR) is 99.4 cm³/mol. The molecular formula is C20H17F2N3O2. The summed E-state index contributed by atoms with van der Waals surface area (Å²) in [6.07, 6.45) is 1.48. The molecule has 0 aliphatic carbocycles. The molecule has 1 heterocycles. The van der Waals surface area contributed by atoms with Crippen LogP contribution in [0.4, 0.5) is 26.0 Å². The van der Waals surface area contributed by atoms with Crippen LogP contribution in [0.5, 0.6) is 5.75 Å². The number of carbonyl (C=O) groups excluding carboxylic acids is 1. The fourth-order valence-corrected chi connectivity index (χ4v) is 2.41. The van der Waals surface area contributed by atoms with Crippen LogP contribution in [0.1, 0.15) is 17.3 Å². The monoisotopic (exact) mass is 369 g/mol. The average molecular weight is 369 g/mol. The van der Waals surface area contributed by atoms with E-state index in [2.05, 4.69) is 15.6 Å². The molecule has 0 bridgehead atoms. The highest BCUT2D eigenvalue weighted by Gasteiger charge is 2.11. The van der Waals surface area contributed by atoms with E-state index in [1.165, 1.54) is 18.3 Å². The quantitative estimate of drug-likeness (QED) is 0.658. The third-order valence-corrected chi connectivity index (χ3v) is 3.65. The van der Waals surface area contributed by atoms with E-state index in [0.29, 0.717) is 29.4 Å². The van der Waals surface area contributed by atoms with Gasteiger partial charge in [0.05, 0.1) is 12.3 Å². The molecule has 1 amide bonds. The van der Waals surface area contributed by atoms with E-state index >= 15 is 0 Å². The van der Waals surface area contributed by atoms with E-state index in [1.807, 2.05) is 31.2 Å². The molecule has 0 saturated heterocycles. The molecule has 0 fully saturated rings. The summed E-state index contributed by atoms with van der Waals surface area (Å²) in [4.78, 5) is 16.6. The van der Waals surface area contributed by atoms with Gasteiger partial charge in [-0.1, -0.05) is 12.1 Å². The molecule has 3 rings (SSSR count). The van der Waals surface area contributed by atoms with Gasteiger partial charge in [0.15, 0.2) is 11.6 Å². The summed E-state index contributed by atoms with van der Waals surface area (Å²) in [5.74, 6) is -1.36. The third kappa shape index (κ3) is 4.58. The molecule has 2 N–H and O–H groups in total. The molecule has 2 aromatic carbocycles. The number of benzene rings is 2. The van der Waals surface area contributed by atoms with Gasteiger partial charge in [-0.05, 0) is 43.3 Å².